The lowest BCUT2D eigenvalue weighted by Gasteiger charge is -2.03. The zero-order valence-corrected chi connectivity index (χ0v) is 11.1. The summed E-state index contributed by atoms with van der Waals surface area (Å²) in [4.78, 5) is 22.2. The first-order chi connectivity index (χ1) is 9.06. The number of nitrogens with zero attached hydrogens (tertiary/aromatic N) is 1. The molecule has 0 atom stereocenters. The van der Waals surface area contributed by atoms with Crippen molar-refractivity contribution in [3.8, 4) is 0 Å². The van der Waals surface area contributed by atoms with E-state index in [1.165, 1.54) is 12.1 Å². The summed E-state index contributed by atoms with van der Waals surface area (Å²) in [7, 11) is 0. The van der Waals surface area contributed by atoms with E-state index < -0.39 is 4.92 Å². The van der Waals surface area contributed by atoms with E-state index in [2.05, 4.69) is 5.32 Å². The molecule has 0 radical (unpaired) electrons. The molecule has 6 heteroatoms. The van der Waals surface area contributed by atoms with E-state index >= 15 is 0 Å². The highest BCUT2D eigenvalue weighted by Crippen LogP contribution is 2.23. The number of rotatable bonds is 4. The average molecular weight is 276 g/mol. The van der Waals surface area contributed by atoms with Crippen LogP contribution in [0, 0.1) is 17.0 Å². The molecule has 1 amide bonds. The van der Waals surface area contributed by atoms with Crippen LogP contribution in [0.5, 0.6) is 0 Å². The Labute approximate surface area is 114 Å². The van der Waals surface area contributed by atoms with Crippen molar-refractivity contribution in [1.82, 2.24) is 5.32 Å². The van der Waals surface area contributed by atoms with Gasteiger partial charge in [0.05, 0.1) is 9.80 Å². The van der Waals surface area contributed by atoms with Crippen molar-refractivity contribution in [2.24, 2.45) is 0 Å². The van der Waals surface area contributed by atoms with Crippen LogP contribution >= 0.6 is 11.3 Å². The van der Waals surface area contributed by atoms with E-state index in [0.29, 0.717) is 11.4 Å². The summed E-state index contributed by atoms with van der Waals surface area (Å²) in [5.41, 5.74) is 2.15. The molecule has 98 valence electrons. The molecule has 0 aliphatic carbocycles. The van der Waals surface area contributed by atoms with E-state index in [1.807, 2.05) is 31.2 Å². The van der Waals surface area contributed by atoms with Crippen LogP contribution < -0.4 is 5.32 Å². The number of hydrogen-bond donors (Lipinski definition) is 1. The molecule has 0 unspecified atom stereocenters. The molecule has 1 aromatic heterocycles. The second kappa shape index (κ2) is 5.62. The van der Waals surface area contributed by atoms with Crippen LogP contribution in [0.4, 0.5) is 5.00 Å². The van der Waals surface area contributed by atoms with Crippen molar-refractivity contribution < 1.29 is 9.72 Å². The van der Waals surface area contributed by atoms with Crippen molar-refractivity contribution in [1.29, 1.82) is 0 Å². The van der Waals surface area contributed by atoms with Gasteiger partial charge in [0.1, 0.15) is 0 Å². The maximum absolute atomic E-state index is 11.8. The highest BCUT2D eigenvalue weighted by molar-refractivity contribution is 7.17. The lowest BCUT2D eigenvalue weighted by Crippen LogP contribution is -2.21. The summed E-state index contributed by atoms with van der Waals surface area (Å²) >= 11 is 0.876. The highest BCUT2D eigenvalue weighted by atomic mass is 32.1. The van der Waals surface area contributed by atoms with E-state index in [0.717, 1.165) is 22.5 Å². The molecule has 19 heavy (non-hydrogen) atoms. The normalized spacial score (nSPS) is 10.2. The Bertz CT molecular complexity index is 605. The molecule has 0 aliphatic heterocycles. The van der Waals surface area contributed by atoms with Gasteiger partial charge in [-0.05, 0) is 18.6 Å². The maximum atomic E-state index is 11.8. The van der Waals surface area contributed by atoms with Gasteiger partial charge in [0.25, 0.3) is 5.91 Å². The van der Waals surface area contributed by atoms with Gasteiger partial charge in [-0.25, -0.2) is 0 Å². The largest absolute Gasteiger partial charge is 0.347 e. The zero-order chi connectivity index (χ0) is 13.8. The molecule has 0 spiro atoms. The third-order valence-electron chi connectivity index (χ3n) is 2.57. The predicted octanol–water partition coefficient (Wildman–Crippen LogP) is 2.89. The molecular formula is C13H12N2O3S. The summed E-state index contributed by atoms with van der Waals surface area (Å²) in [5.74, 6) is -0.293. The summed E-state index contributed by atoms with van der Waals surface area (Å²) in [6.45, 7) is 2.40. The topological polar surface area (TPSA) is 72.2 Å². The Kier molecular flexibility index (Phi) is 3.91. The third-order valence-corrected chi connectivity index (χ3v) is 3.60. The number of aryl methyl sites for hydroxylation is 1. The fraction of sp³-hybridized carbons (Fsp3) is 0.154. The van der Waals surface area contributed by atoms with E-state index in [9.17, 15) is 14.9 Å². The number of thiophene rings is 1. The van der Waals surface area contributed by atoms with Gasteiger partial charge in [0, 0.05) is 12.6 Å². The fourth-order valence-electron chi connectivity index (χ4n) is 1.52. The second-order valence-electron chi connectivity index (χ2n) is 4.06. The van der Waals surface area contributed by atoms with E-state index in [-0.39, 0.29) is 10.9 Å². The molecule has 2 rings (SSSR count). The molecule has 0 aliphatic rings. The lowest BCUT2D eigenvalue weighted by atomic mass is 10.1. The molecule has 0 saturated carbocycles. The average Bonchev–Trinajstić information content (AvgIpc) is 2.87. The summed E-state index contributed by atoms with van der Waals surface area (Å²) < 4.78 is 0. The molecule has 0 saturated heterocycles. The van der Waals surface area contributed by atoms with Gasteiger partial charge < -0.3 is 5.32 Å². The standard InChI is InChI=1S/C13H12N2O3S/c1-9-2-4-10(5-3-9)8-14-13(16)11-6-7-12(19-11)15(17)18/h2-7H,8H2,1H3,(H,14,16). The van der Waals surface area contributed by atoms with Gasteiger partial charge in [-0.1, -0.05) is 41.2 Å². The van der Waals surface area contributed by atoms with Crippen molar-refractivity contribution in [3.05, 3.63) is 62.5 Å². The Hall–Kier alpha value is -2.21. The Morgan fingerprint density at radius 3 is 2.53 bits per heavy atom. The third kappa shape index (κ3) is 3.38. The highest BCUT2D eigenvalue weighted by Gasteiger charge is 2.14. The van der Waals surface area contributed by atoms with Crippen LogP contribution in [0.25, 0.3) is 0 Å². The van der Waals surface area contributed by atoms with Crippen molar-refractivity contribution in [3.63, 3.8) is 0 Å². The molecule has 1 heterocycles. The Balaban J connectivity index is 1.97. The maximum Gasteiger partial charge on any atom is 0.324 e. The first-order valence-corrected chi connectivity index (χ1v) is 6.46. The number of amides is 1. The number of benzene rings is 1. The van der Waals surface area contributed by atoms with E-state index in [4.69, 9.17) is 0 Å². The minimum Gasteiger partial charge on any atom is -0.347 e. The van der Waals surface area contributed by atoms with Crippen molar-refractivity contribution in [2.75, 3.05) is 0 Å². The molecule has 1 N–H and O–H groups in total. The van der Waals surface area contributed by atoms with E-state index in [1.54, 1.807) is 0 Å². The van der Waals surface area contributed by atoms with Gasteiger partial charge >= 0.3 is 5.00 Å². The molecular weight excluding hydrogens is 264 g/mol. The van der Waals surface area contributed by atoms with Crippen LogP contribution in [0.3, 0.4) is 0 Å². The van der Waals surface area contributed by atoms with Crippen LogP contribution in [0.1, 0.15) is 20.8 Å². The smallest absolute Gasteiger partial charge is 0.324 e. The van der Waals surface area contributed by atoms with Gasteiger partial charge in [0.15, 0.2) is 0 Å². The zero-order valence-electron chi connectivity index (χ0n) is 10.3. The van der Waals surface area contributed by atoms with Gasteiger partial charge in [0.2, 0.25) is 0 Å². The summed E-state index contributed by atoms with van der Waals surface area (Å²) in [5, 5.41) is 13.2. The molecule has 2 aromatic rings. The number of carbonyl (C=O) groups excluding carboxylic acids is 1. The van der Waals surface area contributed by atoms with Gasteiger partial charge in [-0.15, -0.1) is 0 Å². The number of carbonyl (C=O) groups is 1. The van der Waals surface area contributed by atoms with Gasteiger partial charge in [-0.2, -0.15) is 0 Å². The number of hydrogen-bond acceptors (Lipinski definition) is 4. The first-order valence-electron chi connectivity index (χ1n) is 5.64. The summed E-state index contributed by atoms with van der Waals surface area (Å²) in [6.07, 6.45) is 0. The minimum absolute atomic E-state index is 0.0273. The molecule has 0 bridgehead atoms. The van der Waals surface area contributed by atoms with Crippen LogP contribution in [-0.2, 0) is 6.54 Å². The molecule has 0 fully saturated rings. The Morgan fingerprint density at radius 1 is 1.26 bits per heavy atom. The van der Waals surface area contributed by atoms with Crippen LogP contribution in [0.15, 0.2) is 36.4 Å². The van der Waals surface area contributed by atoms with Gasteiger partial charge in [-0.3, -0.25) is 14.9 Å². The van der Waals surface area contributed by atoms with Crippen LogP contribution in [-0.4, -0.2) is 10.8 Å². The molecule has 1 aromatic carbocycles. The minimum atomic E-state index is -0.499. The number of nitrogens with one attached hydrogen (secondary N) is 1. The molecule has 5 nitrogen and oxygen atoms in total. The fourth-order valence-corrected chi connectivity index (χ4v) is 2.26. The second-order valence-corrected chi connectivity index (χ2v) is 5.13. The monoisotopic (exact) mass is 276 g/mol. The SMILES string of the molecule is Cc1ccc(CNC(=O)c2ccc([N+](=O)[O-])s2)cc1. The number of nitro groups is 1. The first kappa shape index (κ1) is 13.2. The summed E-state index contributed by atoms with van der Waals surface area (Å²) in [6, 6.07) is 10.6. The van der Waals surface area contributed by atoms with Crippen molar-refractivity contribution in [2.45, 2.75) is 13.5 Å². The van der Waals surface area contributed by atoms with Crippen molar-refractivity contribution >= 4 is 22.2 Å². The van der Waals surface area contributed by atoms with Crippen LogP contribution in [0.2, 0.25) is 0 Å². The Morgan fingerprint density at radius 2 is 1.95 bits per heavy atom. The lowest BCUT2D eigenvalue weighted by molar-refractivity contribution is -0.380. The predicted molar refractivity (Wildman–Crippen MR) is 73.3 cm³/mol. The quantitative estimate of drug-likeness (QED) is 0.689.